The molecule has 2 aromatic rings. The van der Waals surface area contributed by atoms with E-state index in [1.165, 1.54) is 6.07 Å². The van der Waals surface area contributed by atoms with Crippen molar-refractivity contribution < 1.29 is 15.1 Å². The first-order valence-electron chi connectivity index (χ1n) is 6.45. The molecule has 2 aromatic carbocycles. The number of nitrogens with zero attached hydrogens (tertiary/aromatic N) is 1. The molecule has 0 saturated heterocycles. The Kier molecular flexibility index (Phi) is 4.60. The molecule has 2 rings (SSSR count). The van der Waals surface area contributed by atoms with Crippen LogP contribution in [0, 0.1) is 0 Å². The number of phenolic OH excluding ortho intramolecular Hbond substituents is 1. The quantitative estimate of drug-likeness (QED) is 0.498. The molecule has 2 N–H and O–H groups in total. The summed E-state index contributed by atoms with van der Waals surface area (Å²) in [5.74, 6) is 0.701. The zero-order chi connectivity index (χ0) is 14.4. The van der Waals surface area contributed by atoms with Crippen LogP contribution >= 0.6 is 0 Å². The second kappa shape index (κ2) is 6.61. The molecule has 0 aliphatic carbocycles. The van der Waals surface area contributed by atoms with Gasteiger partial charge in [0.1, 0.15) is 11.5 Å². The molecule has 0 aromatic heterocycles. The van der Waals surface area contributed by atoms with Gasteiger partial charge in [-0.2, -0.15) is 0 Å². The summed E-state index contributed by atoms with van der Waals surface area (Å²) < 4.78 is 5.40. The van der Waals surface area contributed by atoms with Crippen LogP contribution in [0.1, 0.15) is 18.1 Å². The van der Waals surface area contributed by atoms with Gasteiger partial charge in [-0.1, -0.05) is 35.5 Å². The topological polar surface area (TPSA) is 62.0 Å². The number of hydrogen-bond acceptors (Lipinski definition) is 4. The highest BCUT2D eigenvalue weighted by atomic mass is 16.5. The van der Waals surface area contributed by atoms with Crippen LogP contribution in [0.3, 0.4) is 0 Å². The maximum Gasteiger partial charge on any atom is 0.125 e. The molecule has 20 heavy (non-hydrogen) atoms. The van der Waals surface area contributed by atoms with Crippen LogP contribution in [0.15, 0.2) is 53.7 Å². The van der Waals surface area contributed by atoms with Crippen molar-refractivity contribution in [1.29, 1.82) is 0 Å². The lowest BCUT2D eigenvalue weighted by Gasteiger charge is -2.10. The van der Waals surface area contributed by atoms with E-state index in [0.29, 0.717) is 30.1 Å². The van der Waals surface area contributed by atoms with Crippen molar-refractivity contribution in [3.05, 3.63) is 59.7 Å². The lowest BCUT2D eigenvalue weighted by atomic mass is 10.0. The summed E-state index contributed by atoms with van der Waals surface area (Å²) in [5.41, 5.74) is 1.87. The molecule has 0 unspecified atom stereocenters. The summed E-state index contributed by atoms with van der Waals surface area (Å²) in [6, 6.07) is 14.5. The van der Waals surface area contributed by atoms with Gasteiger partial charge in [-0.05, 0) is 30.7 Å². The first-order valence-corrected chi connectivity index (χ1v) is 6.45. The highest BCUT2D eigenvalue weighted by Gasteiger charge is 2.12. The molecule has 0 heterocycles. The van der Waals surface area contributed by atoms with Crippen LogP contribution < -0.4 is 4.74 Å². The molecule has 0 bridgehead atoms. The normalized spacial score (nSPS) is 11.3. The lowest BCUT2D eigenvalue weighted by Crippen LogP contribution is -2.06. The molecule has 4 nitrogen and oxygen atoms in total. The van der Waals surface area contributed by atoms with Gasteiger partial charge >= 0.3 is 0 Å². The Morgan fingerprint density at radius 2 is 1.90 bits per heavy atom. The summed E-state index contributed by atoms with van der Waals surface area (Å²) in [5, 5.41) is 22.5. The Balaban J connectivity index is 2.30. The first-order chi connectivity index (χ1) is 9.74. The van der Waals surface area contributed by atoms with Gasteiger partial charge in [-0.3, -0.25) is 0 Å². The van der Waals surface area contributed by atoms with Gasteiger partial charge in [0, 0.05) is 12.0 Å². The molecule has 4 heteroatoms. The average Bonchev–Trinajstić information content (AvgIpc) is 2.48. The largest absolute Gasteiger partial charge is 0.507 e. The zero-order valence-electron chi connectivity index (χ0n) is 11.3. The minimum absolute atomic E-state index is 0.0668. The van der Waals surface area contributed by atoms with Crippen molar-refractivity contribution in [1.82, 2.24) is 0 Å². The van der Waals surface area contributed by atoms with E-state index in [1.807, 2.05) is 37.3 Å². The van der Waals surface area contributed by atoms with Crippen LogP contribution in [0.25, 0.3) is 0 Å². The Labute approximate surface area is 117 Å². The molecular weight excluding hydrogens is 254 g/mol. The number of phenols is 1. The molecule has 0 amide bonds. The van der Waals surface area contributed by atoms with E-state index in [-0.39, 0.29) is 5.75 Å². The smallest absolute Gasteiger partial charge is 0.125 e. The number of ether oxygens (including phenoxy) is 1. The fourth-order valence-electron chi connectivity index (χ4n) is 1.98. The fraction of sp³-hybridized carbons (Fsp3) is 0.188. The molecule has 0 saturated carbocycles. The van der Waals surface area contributed by atoms with E-state index in [2.05, 4.69) is 5.16 Å². The molecular formula is C16H17NO3. The standard InChI is InChI=1S/C16H17NO3/c1-2-20-13-8-9-16(18)14(11-13)15(17-19)10-12-6-4-3-5-7-12/h3-9,11,18-19H,2,10H2,1H3/b17-15-. The molecule has 0 spiro atoms. The third-order valence-corrected chi connectivity index (χ3v) is 2.93. The van der Waals surface area contributed by atoms with Gasteiger partial charge in [0.15, 0.2) is 0 Å². The van der Waals surface area contributed by atoms with Crippen molar-refractivity contribution in [2.24, 2.45) is 5.16 Å². The average molecular weight is 271 g/mol. The van der Waals surface area contributed by atoms with Crippen LogP contribution in [-0.4, -0.2) is 22.6 Å². The molecule has 0 aliphatic heterocycles. The SMILES string of the molecule is CCOc1ccc(O)c(/C(Cc2ccccc2)=N\O)c1. The number of benzene rings is 2. The fourth-order valence-corrected chi connectivity index (χ4v) is 1.98. The van der Waals surface area contributed by atoms with E-state index < -0.39 is 0 Å². The van der Waals surface area contributed by atoms with Crippen LogP contribution in [0.2, 0.25) is 0 Å². The van der Waals surface area contributed by atoms with E-state index in [0.717, 1.165) is 5.56 Å². The second-order valence-corrected chi connectivity index (χ2v) is 4.32. The highest BCUT2D eigenvalue weighted by molar-refractivity contribution is 6.03. The van der Waals surface area contributed by atoms with Gasteiger partial charge < -0.3 is 15.1 Å². The summed E-state index contributed by atoms with van der Waals surface area (Å²) >= 11 is 0. The lowest BCUT2D eigenvalue weighted by molar-refractivity contribution is 0.318. The predicted octanol–water partition coefficient (Wildman–Crippen LogP) is 3.21. The van der Waals surface area contributed by atoms with Crippen molar-refractivity contribution in [2.75, 3.05) is 6.61 Å². The van der Waals surface area contributed by atoms with Crippen LogP contribution in [0.5, 0.6) is 11.5 Å². The van der Waals surface area contributed by atoms with E-state index in [1.54, 1.807) is 12.1 Å². The number of rotatable bonds is 5. The highest BCUT2D eigenvalue weighted by Crippen LogP contribution is 2.25. The van der Waals surface area contributed by atoms with E-state index in [4.69, 9.17) is 4.74 Å². The van der Waals surface area contributed by atoms with Gasteiger partial charge in [0.05, 0.1) is 12.3 Å². The Hall–Kier alpha value is -2.49. The first kappa shape index (κ1) is 13.9. The van der Waals surface area contributed by atoms with Crippen LogP contribution in [-0.2, 0) is 6.42 Å². The molecule has 0 fully saturated rings. The van der Waals surface area contributed by atoms with Gasteiger partial charge in [-0.25, -0.2) is 0 Å². The second-order valence-electron chi connectivity index (χ2n) is 4.32. The Morgan fingerprint density at radius 1 is 1.15 bits per heavy atom. The molecule has 0 aliphatic rings. The minimum Gasteiger partial charge on any atom is -0.507 e. The number of oxime groups is 1. The Morgan fingerprint density at radius 3 is 2.55 bits per heavy atom. The number of aromatic hydroxyl groups is 1. The Bertz CT molecular complexity index is 594. The predicted molar refractivity (Wildman–Crippen MR) is 77.7 cm³/mol. The van der Waals surface area contributed by atoms with Crippen molar-refractivity contribution >= 4 is 5.71 Å². The third kappa shape index (κ3) is 3.29. The summed E-state index contributed by atoms with van der Waals surface area (Å²) in [7, 11) is 0. The minimum atomic E-state index is 0.0668. The van der Waals surface area contributed by atoms with Crippen molar-refractivity contribution in [2.45, 2.75) is 13.3 Å². The number of hydrogen-bond donors (Lipinski definition) is 2. The van der Waals surface area contributed by atoms with Crippen molar-refractivity contribution in [3.8, 4) is 11.5 Å². The van der Waals surface area contributed by atoms with Gasteiger partial charge in [0.2, 0.25) is 0 Å². The van der Waals surface area contributed by atoms with E-state index in [9.17, 15) is 10.3 Å². The maximum atomic E-state index is 9.94. The van der Waals surface area contributed by atoms with Gasteiger partial charge in [0.25, 0.3) is 0 Å². The molecule has 0 radical (unpaired) electrons. The summed E-state index contributed by atoms with van der Waals surface area (Å²) in [6.45, 7) is 2.42. The maximum absolute atomic E-state index is 9.94. The molecule has 104 valence electrons. The monoisotopic (exact) mass is 271 g/mol. The van der Waals surface area contributed by atoms with Gasteiger partial charge in [-0.15, -0.1) is 0 Å². The summed E-state index contributed by atoms with van der Waals surface area (Å²) in [6.07, 6.45) is 0.431. The summed E-state index contributed by atoms with van der Waals surface area (Å²) in [4.78, 5) is 0. The zero-order valence-corrected chi connectivity index (χ0v) is 11.3. The molecule has 0 atom stereocenters. The third-order valence-electron chi connectivity index (χ3n) is 2.93. The van der Waals surface area contributed by atoms with Crippen LogP contribution in [0.4, 0.5) is 0 Å². The van der Waals surface area contributed by atoms with Crippen molar-refractivity contribution in [3.63, 3.8) is 0 Å². The van der Waals surface area contributed by atoms with E-state index >= 15 is 0 Å².